The summed E-state index contributed by atoms with van der Waals surface area (Å²) in [6.45, 7) is 1.51. The van der Waals surface area contributed by atoms with Crippen molar-refractivity contribution in [3.05, 3.63) is 30.2 Å². The summed E-state index contributed by atoms with van der Waals surface area (Å²) in [5.41, 5.74) is 7.16. The van der Waals surface area contributed by atoms with Crippen LogP contribution in [0, 0.1) is 0 Å². The Balaban J connectivity index is 1.53. The molecule has 1 aliphatic heterocycles. The monoisotopic (exact) mass is 434 g/mol. The number of nitrogen functional groups attached to an aromatic ring is 1. The van der Waals surface area contributed by atoms with Crippen molar-refractivity contribution in [1.82, 2.24) is 19.4 Å². The van der Waals surface area contributed by atoms with E-state index >= 15 is 0 Å². The molecule has 4 rings (SSSR count). The van der Waals surface area contributed by atoms with Crippen LogP contribution in [-0.2, 0) is 15.8 Å². The van der Waals surface area contributed by atoms with E-state index in [0.717, 1.165) is 0 Å². The van der Waals surface area contributed by atoms with E-state index in [1.54, 1.807) is 32.4 Å². The van der Waals surface area contributed by atoms with Gasteiger partial charge in [0, 0.05) is 43.7 Å². The van der Waals surface area contributed by atoms with Crippen molar-refractivity contribution < 1.29 is 22.4 Å². The molecule has 0 unspecified atom stereocenters. The van der Waals surface area contributed by atoms with Gasteiger partial charge in [-0.3, -0.25) is 0 Å². The molecule has 160 valence electrons. The minimum Gasteiger partial charge on any atom is -0.493 e. The van der Waals surface area contributed by atoms with Gasteiger partial charge in [-0.15, -0.1) is 0 Å². The predicted octanol–water partition coefficient (Wildman–Crippen LogP) is 0.869. The maximum absolute atomic E-state index is 12.6. The number of anilines is 2. The number of hydrogen-bond acceptors (Lipinski definition) is 10. The Morgan fingerprint density at radius 2 is 1.80 bits per heavy atom. The normalized spacial score (nSPS) is 15.5. The second-order valence-electron chi connectivity index (χ2n) is 6.77. The van der Waals surface area contributed by atoms with Gasteiger partial charge in [-0.25, -0.2) is 13.4 Å². The maximum atomic E-state index is 12.6. The van der Waals surface area contributed by atoms with E-state index in [1.807, 2.05) is 4.90 Å². The van der Waals surface area contributed by atoms with E-state index in [1.165, 1.54) is 10.6 Å². The fraction of sp³-hybridized carbons (Fsp3) is 0.389. The molecule has 2 aromatic heterocycles. The zero-order valence-electron chi connectivity index (χ0n) is 16.6. The first-order chi connectivity index (χ1) is 14.4. The van der Waals surface area contributed by atoms with Crippen molar-refractivity contribution in [2.24, 2.45) is 0 Å². The SMILES string of the molecule is COc1cc2nc(N3CCN(S(=O)(=O)Cc4ccon4)CC3)nc(N)c2cc1OC. The molecule has 0 aliphatic carbocycles. The minimum absolute atomic E-state index is 0.190. The lowest BCUT2D eigenvalue weighted by Gasteiger charge is -2.34. The number of methoxy groups -OCH3 is 2. The van der Waals surface area contributed by atoms with Crippen LogP contribution in [0.3, 0.4) is 0 Å². The molecule has 0 bridgehead atoms. The van der Waals surface area contributed by atoms with Gasteiger partial charge in [0.05, 0.1) is 25.4 Å². The summed E-state index contributed by atoms with van der Waals surface area (Å²) in [5.74, 6) is 1.65. The van der Waals surface area contributed by atoms with E-state index < -0.39 is 10.0 Å². The number of nitrogens with two attached hydrogens (primary N) is 1. The fourth-order valence-corrected chi connectivity index (χ4v) is 4.79. The Bertz CT molecular complexity index is 1140. The van der Waals surface area contributed by atoms with Crippen molar-refractivity contribution >= 4 is 32.7 Å². The number of fused-ring (bicyclic) bond motifs is 1. The van der Waals surface area contributed by atoms with Crippen LogP contribution in [0.4, 0.5) is 11.8 Å². The summed E-state index contributed by atoms with van der Waals surface area (Å²) in [5, 5.41) is 4.34. The second-order valence-corrected chi connectivity index (χ2v) is 8.74. The first-order valence-electron chi connectivity index (χ1n) is 9.22. The molecule has 3 aromatic rings. The van der Waals surface area contributed by atoms with E-state index in [9.17, 15) is 8.42 Å². The zero-order valence-corrected chi connectivity index (χ0v) is 17.4. The van der Waals surface area contributed by atoms with Crippen LogP contribution < -0.4 is 20.1 Å². The average molecular weight is 434 g/mol. The van der Waals surface area contributed by atoms with Crippen molar-refractivity contribution in [1.29, 1.82) is 0 Å². The minimum atomic E-state index is -3.48. The van der Waals surface area contributed by atoms with Gasteiger partial charge in [0.1, 0.15) is 17.8 Å². The van der Waals surface area contributed by atoms with Gasteiger partial charge in [0.25, 0.3) is 0 Å². The molecule has 0 radical (unpaired) electrons. The number of piperazine rings is 1. The molecule has 1 aliphatic rings. The molecule has 1 fully saturated rings. The third kappa shape index (κ3) is 3.83. The van der Waals surface area contributed by atoms with Crippen LogP contribution >= 0.6 is 0 Å². The first kappa shape index (κ1) is 20.2. The van der Waals surface area contributed by atoms with Gasteiger partial charge in [-0.2, -0.15) is 9.29 Å². The van der Waals surface area contributed by atoms with Crippen molar-refractivity contribution in [3.8, 4) is 11.5 Å². The topological polar surface area (TPSA) is 137 Å². The lowest BCUT2D eigenvalue weighted by Crippen LogP contribution is -2.49. The number of sulfonamides is 1. The Morgan fingerprint density at radius 3 is 2.43 bits per heavy atom. The van der Waals surface area contributed by atoms with Gasteiger partial charge in [-0.05, 0) is 6.07 Å². The van der Waals surface area contributed by atoms with E-state index in [2.05, 4.69) is 15.1 Å². The van der Waals surface area contributed by atoms with Crippen LogP contribution in [0.2, 0.25) is 0 Å². The standard InChI is InChI=1S/C18H22N6O5S/c1-27-15-9-13-14(10-16(15)28-2)20-18(21-17(13)19)23-4-6-24(7-5-23)30(25,26)11-12-3-8-29-22-12/h3,8-10H,4-7,11H2,1-2H3,(H2,19,20,21). The molecule has 0 spiro atoms. The number of hydrogen-bond donors (Lipinski definition) is 1. The maximum Gasteiger partial charge on any atom is 0.227 e. The van der Waals surface area contributed by atoms with Crippen molar-refractivity contribution in [2.45, 2.75) is 5.75 Å². The summed E-state index contributed by atoms with van der Waals surface area (Å²) >= 11 is 0. The van der Waals surface area contributed by atoms with Crippen LogP contribution in [-0.4, -0.2) is 68.2 Å². The largest absolute Gasteiger partial charge is 0.493 e. The molecule has 1 saturated heterocycles. The number of benzene rings is 1. The highest BCUT2D eigenvalue weighted by molar-refractivity contribution is 7.88. The predicted molar refractivity (Wildman–Crippen MR) is 110 cm³/mol. The van der Waals surface area contributed by atoms with Crippen LogP contribution in [0.25, 0.3) is 10.9 Å². The van der Waals surface area contributed by atoms with Crippen molar-refractivity contribution in [2.75, 3.05) is 51.0 Å². The molecule has 2 N–H and O–H groups in total. The molecule has 0 saturated carbocycles. The zero-order chi connectivity index (χ0) is 21.3. The second kappa shape index (κ2) is 7.95. The summed E-state index contributed by atoms with van der Waals surface area (Å²) in [4.78, 5) is 10.9. The summed E-state index contributed by atoms with van der Waals surface area (Å²) in [6, 6.07) is 5.03. The molecular weight excluding hydrogens is 412 g/mol. The summed E-state index contributed by atoms with van der Waals surface area (Å²) in [6.07, 6.45) is 1.36. The van der Waals surface area contributed by atoms with Crippen LogP contribution in [0.5, 0.6) is 11.5 Å². The van der Waals surface area contributed by atoms with Crippen LogP contribution in [0.1, 0.15) is 5.69 Å². The molecule has 3 heterocycles. The molecule has 0 atom stereocenters. The van der Waals surface area contributed by atoms with E-state index in [-0.39, 0.29) is 5.75 Å². The first-order valence-corrected chi connectivity index (χ1v) is 10.8. The molecule has 12 heteroatoms. The molecule has 30 heavy (non-hydrogen) atoms. The Labute approximate surface area is 173 Å². The van der Waals surface area contributed by atoms with Gasteiger partial charge in [-0.1, -0.05) is 5.16 Å². The average Bonchev–Trinajstić information content (AvgIpc) is 3.25. The van der Waals surface area contributed by atoms with Gasteiger partial charge in [0.2, 0.25) is 16.0 Å². The molecule has 11 nitrogen and oxygen atoms in total. The smallest absolute Gasteiger partial charge is 0.227 e. The summed E-state index contributed by atoms with van der Waals surface area (Å²) in [7, 11) is -0.387. The summed E-state index contributed by atoms with van der Waals surface area (Å²) < 4.78 is 42.0. The van der Waals surface area contributed by atoms with Gasteiger partial charge in [0.15, 0.2) is 11.5 Å². The highest BCUT2D eigenvalue weighted by Crippen LogP contribution is 2.34. The lowest BCUT2D eigenvalue weighted by molar-refractivity contribution is 0.355. The van der Waals surface area contributed by atoms with Crippen molar-refractivity contribution in [3.63, 3.8) is 0 Å². The number of nitrogens with zero attached hydrogens (tertiary/aromatic N) is 5. The van der Waals surface area contributed by atoms with Crippen LogP contribution in [0.15, 0.2) is 29.0 Å². The quantitative estimate of drug-likeness (QED) is 0.595. The highest BCUT2D eigenvalue weighted by Gasteiger charge is 2.29. The molecule has 0 amide bonds. The molecular formula is C18H22N6O5S. The Hall–Kier alpha value is -3.12. The van der Waals surface area contributed by atoms with Gasteiger partial charge >= 0.3 is 0 Å². The van der Waals surface area contributed by atoms with Gasteiger partial charge < -0.3 is 24.6 Å². The van der Waals surface area contributed by atoms with E-state index in [0.29, 0.717) is 66.0 Å². The highest BCUT2D eigenvalue weighted by atomic mass is 32.2. The third-order valence-electron chi connectivity index (χ3n) is 4.96. The number of aromatic nitrogens is 3. The molecule has 1 aromatic carbocycles. The number of rotatable bonds is 6. The Morgan fingerprint density at radius 1 is 1.10 bits per heavy atom. The fourth-order valence-electron chi connectivity index (χ4n) is 3.36. The number of ether oxygens (including phenoxy) is 2. The third-order valence-corrected chi connectivity index (χ3v) is 6.77. The van der Waals surface area contributed by atoms with E-state index in [4.69, 9.17) is 19.7 Å². The Kier molecular flexibility index (Phi) is 5.35. The lowest BCUT2D eigenvalue weighted by atomic mass is 10.2.